The molecular weight excluding hydrogens is 421 g/mol. The monoisotopic (exact) mass is 442 g/mol. The molecule has 11 heteroatoms. The topological polar surface area (TPSA) is 73.8 Å². The normalized spacial score (nSPS) is 15.8. The van der Waals surface area contributed by atoms with Crippen LogP contribution >= 0.6 is 0 Å². The van der Waals surface area contributed by atoms with E-state index in [0.29, 0.717) is 11.4 Å². The summed E-state index contributed by atoms with van der Waals surface area (Å²) in [6, 6.07) is 6.72. The Morgan fingerprint density at radius 2 is 1.63 bits per heavy atom. The van der Waals surface area contributed by atoms with E-state index < -0.39 is 21.8 Å². The van der Waals surface area contributed by atoms with Crippen molar-refractivity contribution < 1.29 is 26.4 Å². The summed E-state index contributed by atoms with van der Waals surface area (Å²) in [5, 5.41) is 0. The zero-order valence-corrected chi connectivity index (χ0v) is 17.2. The van der Waals surface area contributed by atoms with E-state index in [0.717, 1.165) is 24.3 Å². The van der Waals surface area contributed by atoms with Crippen molar-refractivity contribution in [2.75, 3.05) is 45.2 Å². The van der Waals surface area contributed by atoms with Gasteiger partial charge in [0.15, 0.2) is 0 Å². The van der Waals surface area contributed by atoms with Gasteiger partial charge < -0.3 is 9.80 Å². The number of carbonyl (C=O) groups is 1. The molecule has 162 valence electrons. The van der Waals surface area contributed by atoms with E-state index in [2.05, 4.69) is 4.98 Å². The third kappa shape index (κ3) is 4.41. The Morgan fingerprint density at radius 3 is 2.17 bits per heavy atom. The molecular formula is C19H21F3N4O3S. The molecule has 1 amide bonds. The van der Waals surface area contributed by atoms with Crippen LogP contribution in [0, 0.1) is 0 Å². The molecule has 0 unspecified atom stereocenters. The first-order valence-electron chi connectivity index (χ1n) is 9.11. The zero-order chi connectivity index (χ0) is 22.1. The lowest BCUT2D eigenvalue weighted by Gasteiger charge is -2.34. The molecule has 1 saturated heterocycles. The SMILES string of the molecule is CN(C)c1ncccc1C(=O)N1CCN(S(=O)(=O)c2ccc(C(F)(F)F)cc2)CC1. The Hall–Kier alpha value is -2.66. The number of anilines is 1. The second-order valence-electron chi connectivity index (χ2n) is 6.99. The molecule has 1 fully saturated rings. The van der Waals surface area contributed by atoms with Crippen LogP contribution in [0.15, 0.2) is 47.5 Å². The number of hydrogen-bond donors (Lipinski definition) is 0. The molecule has 1 aromatic heterocycles. The fourth-order valence-corrected chi connectivity index (χ4v) is 4.61. The first-order chi connectivity index (χ1) is 14.0. The summed E-state index contributed by atoms with van der Waals surface area (Å²) in [6.07, 6.45) is -2.95. The van der Waals surface area contributed by atoms with Crippen LogP contribution in [0.2, 0.25) is 0 Å². The molecule has 0 bridgehead atoms. The quantitative estimate of drug-likeness (QED) is 0.727. The van der Waals surface area contributed by atoms with Crippen LogP contribution < -0.4 is 4.90 Å². The highest BCUT2D eigenvalue weighted by Gasteiger charge is 2.33. The van der Waals surface area contributed by atoms with Gasteiger partial charge in [-0.2, -0.15) is 17.5 Å². The van der Waals surface area contributed by atoms with Gasteiger partial charge in [0.2, 0.25) is 10.0 Å². The average Bonchev–Trinajstić information content (AvgIpc) is 2.72. The summed E-state index contributed by atoms with van der Waals surface area (Å²) >= 11 is 0. The highest BCUT2D eigenvalue weighted by molar-refractivity contribution is 7.89. The van der Waals surface area contributed by atoms with Crippen LogP contribution in [-0.2, 0) is 16.2 Å². The molecule has 0 N–H and O–H groups in total. The predicted octanol–water partition coefficient (Wildman–Crippen LogP) is 2.31. The van der Waals surface area contributed by atoms with Crippen molar-refractivity contribution in [1.82, 2.24) is 14.2 Å². The second-order valence-corrected chi connectivity index (χ2v) is 8.93. The molecule has 2 aromatic rings. The molecule has 0 aliphatic carbocycles. The molecule has 3 rings (SSSR count). The number of aromatic nitrogens is 1. The Bertz CT molecular complexity index is 1020. The van der Waals surface area contributed by atoms with Crippen molar-refractivity contribution in [2.45, 2.75) is 11.1 Å². The highest BCUT2D eigenvalue weighted by atomic mass is 32.2. The van der Waals surface area contributed by atoms with Crippen LogP contribution in [0.5, 0.6) is 0 Å². The number of benzene rings is 1. The third-order valence-corrected chi connectivity index (χ3v) is 6.70. The van der Waals surface area contributed by atoms with Crippen molar-refractivity contribution in [3.8, 4) is 0 Å². The van der Waals surface area contributed by atoms with Gasteiger partial charge in [-0.15, -0.1) is 0 Å². The first kappa shape index (κ1) is 22.0. The van der Waals surface area contributed by atoms with Gasteiger partial charge in [-0.05, 0) is 36.4 Å². The van der Waals surface area contributed by atoms with Crippen molar-refractivity contribution in [2.24, 2.45) is 0 Å². The van der Waals surface area contributed by atoms with Gasteiger partial charge in [-0.3, -0.25) is 4.79 Å². The number of halogens is 3. The van der Waals surface area contributed by atoms with Crippen molar-refractivity contribution in [3.63, 3.8) is 0 Å². The minimum atomic E-state index is -4.54. The second kappa shape index (κ2) is 8.23. The van der Waals surface area contributed by atoms with Crippen molar-refractivity contribution in [3.05, 3.63) is 53.7 Å². The Labute approximate surface area is 172 Å². The maximum Gasteiger partial charge on any atom is 0.416 e. The summed E-state index contributed by atoms with van der Waals surface area (Å²) in [5.74, 6) is 0.265. The number of alkyl halides is 3. The Morgan fingerprint density at radius 1 is 1.03 bits per heavy atom. The average molecular weight is 442 g/mol. The number of amides is 1. The van der Waals surface area contributed by atoms with Gasteiger partial charge in [-0.25, -0.2) is 13.4 Å². The summed E-state index contributed by atoms with van der Waals surface area (Å²) in [5.41, 5.74) is -0.494. The van der Waals surface area contributed by atoms with Gasteiger partial charge in [-0.1, -0.05) is 0 Å². The number of pyridine rings is 1. The lowest BCUT2D eigenvalue weighted by atomic mass is 10.2. The van der Waals surface area contributed by atoms with Crippen LogP contribution in [0.25, 0.3) is 0 Å². The summed E-state index contributed by atoms with van der Waals surface area (Å²) in [7, 11) is -0.409. The number of sulfonamides is 1. The van der Waals surface area contributed by atoms with E-state index >= 15 is 0 Å². The van der Waals surface area contributed by atoms with Crippen LogP contribution in [0.4, 0.5) is 19.0 Å². The summed E-state index contributed by atoms with van der Waals surface area (Å²) < 4.78 is 64.8. The van der Waals surface area contributed by atoms with Gasteiger partial charge in [0.05, 0.1) is 16.0 Å². The number of piperazine rings is 1. The molecule has 1 aliphatic heterocycles. The maximum atomic E-state index is 12.9. The minimum Gasteiger partial charge on any atom is -0.362 e. The molecule has 0 spiro atoms. The van der Waals surface area contributed by atoms with Gasteiger partial charge >= 0.3 is 6.18 Å². The first-order valence-corrected chi connectivity index (χ1v) is 10.5. The number of nitrogens with zero attached hydrogens (tertiary/aromatic N) is 4. The molecule has 1 aromatic carbocycles. The minimum absolute atomic E-state index is 0.0483. The molecule has 0 atom stereocenters. The van der Waals surface area contributed by atoms with Gasteiger partial charge in [0.1, 0.15) is 5.82 Å². The largest absolute Gasteiger partial charge is 0.416 e. The van der Waals surface area contributed by atoms with Crippen LogP contribution in [-0.4, -0.2) is 68.8 Å². The predicted molar refractivity (Wildman–Crippen MR) is 105 cm³/mol. The molecule has 0 radical (unpaired) electrons. The lowest BCUT2D eigenvalue weighted by Crippen LogP contribution is -2.50. The van der Waals surface area contributed by atoms with Crippen LogP contribution in [0.3, 0.4) is 0 Å². The van der Waals surface area contributed by atoms with E-state index in [1.807, 2.05) is 0 Å². The molecule has 30 heavy (non-hydrogen) atoms. The lowest BCUT2D eigenvalue weighted by molar-refractivity contribution is -0.137. The maximum absolute atomic E-state index is 12.9. The van der Waals surface area contributed by atoms with E-state index in [-0.39, 0.29) is 37.0 Å². The fraction of sp³-hybridized carbons (Fsp3) is 0.368. The van der Waals surface area contributed by atoms with Crippen LogP contribution in [0.1, 0.15) is 15.9 Å². The molecule has 1 aliphatic rings. The van der Waals surface area contributed by atoms with Gasteiger partial charge in [0, 0.05) is 46.5 Å². The van der Waals surface area contributed by atoms with E-state index in [1.165, 1.54) is 4.31 Å². The molecule has 7 nitrogen and oxygen atoms in total. The van der Waals surface area contributed by atoms with Crippen molar-refractivity contribution >= 4 is 21.7 Å². The third-order valence-electron chi connectivity index (χ3n) is 4.79. The molecule has 2 heterocycles. The van der Waals surface area contributed by atoms with Gasteiger partial charge in [0.25, 0.3) is 5.91 Å². The number of rotatable bonds is 4. The van der Waals surface area contributed by atoms with E-state index in [1.54, 1.807) is 42.2 Å². The smallest absolute Gasteiger partial charge is 0.362 e. The number of carbonyl (C=O) groups excluding carboxylic acids is 1. The van der Waals surface area contributed by atoms with E-state index in [9.17, 15) is 26.4 Å². The standard InChI is InChI=1S/C19H21F3N4O3S/c1-24(2)17-16(4-3-9-23-17)18(27)25-10-12-26(13-11-25)30(28,29)15-7-5-14(6-8-15)19(20,21)22/h3-9H,10-13H2,1-2H3. The summed E-state index contributed by atoms with van der Waals surface area (Å²) in [4.78, 5) is 20.1. The fourth-order valence-electron chi connectivity index (χ4n) is 3.19. The Kier molecular flexibility index (Phi) is 6.04. The van der Waals surface area contributed by atoms with Crippen molar-refractivity contribution in [1.29, 1.82) is 0 Å². The zero-order valence-electron chi connectivity index (χ0n) is 16.4. The summed E-state index contributed by atoms with van der Waals surface area (Å²) in [6.45, 7) is 0.431. The number of hydrogen-bond acceptors (Lipinski definition) is 5. The molecule has 0 saturated carbocycles. The Balaban J connectivity index is 1.71. The highest BCUT2D eigenvalue weighted by Crippen LogP contribution is 2.30. The van der Waals surface area contributed by atoms with E-state index in [4.69, 9.17) is 0 Å².